The van der Waals surface area contributed by atoms with Gasteiger partial charge in [0.1, 0.15) is 12.2 Å². The number of thioether (sulfide) groups is 1. The smallest absolute Gasteiger partial charge is 0.140 e. The van der Waals surface area contributed by atoms with E-state index in [1.165, 1.54) is 24.6 Å². The van der Waals surface area contributed by atoms with Crippen LogP contribution in [0.3, 0.4) is 0 Å². The topological polar surface area (TPSA) is 46.0 Å². The number of rotatable bonds is 6. The first-order valence-electron chi connectivity index (χ1n) is 6.27. The van der Waals surface area contributed by atoms with E-state index in [1.807, 2.05) is 4.68 Å². The minimum Gasteiger partial charge on any atom is -0.309 e. The number of hydrogen-bond donors (Lipinski definition) is 1. The lowest BCUT2D eigenvalue weighted by atomic mass is 10.4. The third-order valence-electron chi connectivity index (χ3n) is 2.99. The summed E-state index contributed by atoms with van der Waals surface area (Å²) in [7, 11) is 0. The van der Waals surface area contributed by atoms with E-state index in [4.69, 9.17) is 0 Å². The van der Waals surface area contributed by atoms with Crippen molar-refractivity contribution in [1.82, 2.24) is 25.0 Å². The molecule has 0 radical (unpaired) electrons. The lowest BCUT2D eigenvalue weighted by Crippen LogP contribution is -2.37. The molecule has 0 amide bonds. The second-order valence-corrected chi connectivity index (χ2v) is 5.35. The molecule has 0 saturated carbocycles. The van der Waals surface area contributed by atoms with Gasteiger partial charge in [0.15, 0.2) is 0 Å². The first-order chi connectivity index (χ1) is 8.40. The molecule has 96 valence electrons. The van der Waals surface area contributed by atoms with Crippen molar-refractivity contribution < 1.29 is 0 Å². The molecule has 0 unspecified atom stereocenters. The molecule has 0 atom stereocenters. The predicted octanol–water partition coefficient (Wildman–Crippen LogP) is 0.436. The average Bonchev–Trinajstić information content (AvgIpc) is 2.83. The third-order valence-corrected chi connectivity index (χ3v) is 3.93. The van der Waals surface area contributed by atoms with Crippen molar-refractivity contribution in [1.29, 1.82) is 0 Å². The lowest BCUT2D eigenvalue weighted by molar-refractivity contribution is 0.300. The normalized spacial score (nSPS) is 17.5. The highest BCUT2D eigenvalue weighted by atomic mass is 32.2. The highest BCUT2D eigenvalue weighted by Crippen LogP contribution is 2.07. The van der Waals surface area contributed by atoms with Crippen molar-refractivity contribution in [2.45, 2.75) is 20.0 Å². The Bertz CT molecular complexity index is 321. The molecular weight excluding hydrogens is 234 g/mol. The maximum atomic E-state index is 4.24. The van der Waals surface area contributed by atoms with Crippen LogP contribution in [0.4, 0.5) is 0 Å². The van der Waals surface area contributed by atoms with Gasteiger partial charge in [-0.2, -0.15) is 16.9 Å². The number of nitrogens with zero attached hydrogens (tertiary/aromatic N) is 4. The molecular formula is C11H21N5S. The minimum absolute atomic E-state index is 0.816. The number of nitrogens with one attached hydrogen (secondary N) is 1. The Morgan fingerprint density at radius 2 is 2.24 bits per heavy atom. The van der Waals surface area contributed by atoms with Crippen molar-refractivity contribution in [3.63, 3.8) is 0 Å². The second-order valence-electron chi connectivity index (χ2n) is 4.12. The van der Waals surface area contributed by atoms with Crippen LogP contribution in [0.15, 0.2) is 6.33 Å². The summed E-state index contributed by atoms with van der Waals surface area (Å²) in [6.45, 7) is 8.43. The molecule has 1 fully saturated rings. The quantitative estimate of drug-likeness (QED) is 0.747. The fourth-order valence-electron chi connectivity index (χ4n) is 1.95. The molecule has 1 saturated heterocycles. The van der Waals surface area contributed by atoms with Gasteiger partial charge in [0.2, 0.25) is 0 Å². The fourth-order valence-corrected chi connectivity index (χ4v) is 2.93. The van der Waals surface area contributed by atoms with Crippen LogP contribution in [-0.2, 0) is 13.1 Å². The second kappa shape index (κ2) is 6.98. The predicted molar refractivity (Wildman–Crippen MR) is 71.2 cm³/mol. The number of hydrogen-bond acceptors (Lipinski definition) is 5. The molecule has 1 N–H and O–H groups in total. The van der Waals surface area contributed by atoms with Gasteiger partial charge in [-0.15, -0.1) is 0 Å². The van der Waals surface area contributed by atoms with E-state index in [-0.39, 0.29) is 0 Å². The van der Waals surface area contributed by atoms with E-state index in [1.54, 1.807) is 6.33 Å². The van der Waals surface area contributed by atoms with Crippen LogP contribution in [0.2, 0.25) is 0 Å². The Hall–Kier alpha value is -0.590. The van der Waals surface area contributed by atoms with E-state index in [9.17, 15) is 0 Å². The van der Waals surface area contributed by atoms with Crippen LogP contribution in [0.1, 0.15) is 12.7 Å². The van der Waals surface area contributed by atoms with Crippen LogP contribution >= 0.6 is 11.8 Å². The molecule has 0 aliphatic carbocycles. The van der Waals surface area contributed by atoms with Gasteiger partial charge in [-0.3, -0.25) is 0 Å². The first kappa shape index (κ1) is 12.9. The minimum atomic E-state index is 0.816. The van der Waals surface area contributed by atoms with E-state index in [0.717, 1.165) is 32.0 Å². The van der Waals surface area contributed by atoms with Gasteiger partial charge >= 0.3 is 0 Å². The van der Waals surface area contributed by atoms with Crippen LogP contribution < -0.4 is 5.32 Å². The Labute approximate surface area is 107 Å². The first-order valence-corrected chi connectivity index (χ1v) is 7.43. The summed E-state index contributed by atoms with van der Waals surface area (Å²) in [5.74, 6) is 3.59. The number of aryl methyl sites for hydroxylation is 1. The summed E-state index contributed by atoms with van der Waals surface area (Å²) in [6, 6.07) is 0. The molecule has 1 aromatic heterocycles. The SMILES string of the molecule is CCn1ncnc1CNCCN1CCSCC1. The van der Waals surface area contributed by atoms with Crippen molar-refractivity contribution in [3.05, 3.63) is 12.2 Å². The molecule has 1 aliphatic rings. The zero-order valence-electron chi connectivity index (χ0n) is 10.4. The van der Waals surface area contributed by atoms with Gasteiger partial charge in [0.25, 0.3) is 0 Å². The molecule has 0 spiro atoms. The Kier molecular flexibility index (Phi) is 5.28. The van der Waals surface area contributed by atoms with Gasteiger partial charge in [-0.25, -0.2) is 9.67 Å². The van der Waals surface area contributed by atoms with Gasteiger partial charge in [-0.1, -0.05) is 0 Å². The summed E-state index contributed by atoms with van der Waals surface area (Å²) in [4.78, 5) is 6.77. The van der Waals surface area contributed by atoms with E-state index in [0.29, 0.717) is 0 Å². The van der Waals surface area contributed by atoms with Gasteiger partial charge in [0.05, 0.1) is 6.54 Å². The van der Waals surface area contributed by atoms with Gasteiger partial charge in [0, 0.05) is 44.2 Å². The Balaban J connectivity index is 1.62. The van der Waals surface area contributed by atoms with Crippen molar-refractivity contribution in [2.24, 2.45) is 0 Å². The summed E-state index contributed by atoms with van der Waals surface area (Å²) in [5, 5.41) is 7.59. The molecule has 17 heavy (non-hydrogen) atoms. The molecule has 5 nitrogen and oxygen atoms in total. The van der Waals surface area contributed by atoms with Gasteiger partial charge in [-0.05, 0) is 6.92 Å². The molecule has 0 aromatic carbocycles. The third kappa shape index (κ3) is 3.97. The standard InChI is InChI=1S/C11H21N5S/c1-2-16-11(13-10-14-16)9-12-3-4-15-5-7-17-8-6-15/h10,12H,2-9H2,1H3. The Morgan fingerprint density at radius 1 is 1.41 bits per heavy atom. The van der Waals surface area contributed by atoms with Crippen LogP contribution in [0, 0.1) is 0 Å². The zero-order chi connectivity index (χ0) is 11.9. The lowest BCUT2D eigenvalue weighted by Gasteiger charge is -2.26. The number of aromatic nitrogens is 3. The highest BCUT2D eigenvalue weighted by molar-refractivity contribution is 7.99. The molecule has 2 heterocycles. The van der Waals surface area contributed by atoms with E-state index < -0.39 is 0 Å². The summed E-state index contributed by atoms with van der Waals surface area (Å²) >= 11 is 2.06. The van der Waals surface area contributed by atoms with Crippen LogP contribution in [0.25, 0.3) is 0 Å². The summed E-state index contributed by atoms with van der Waals surface area (Å²) in [5.41, 5.74) is 0. The highest BCUT2D eigenvalue weighted by Gasteiger charge is 2.09. The largest absolute Gasteiger partial charge is 0.309 e. The summed E-state index contributed by atoms with van der Waals surface area (Å²) in [6.07, 6.45) is 1.63. The van der Waals surface area contributed by atoms with E-state index >= 15 is 0 Å². The maximum Gasteiger partial charge on any atom is 0.140 e. The average molecular weight is 255 g/mol. The van der Waals surface area contributed by atoms with Crippen LogP contribution in [-0.4, -0.2) is 57.3 Å². The summed E-state index contributed by atoms with van der Waals surface area (Å²) < 4.78 is 1.94. The monoisotopic (exact) mass is 255 g/mol. The molecule has 1 aliphatic heterocycles. The van der Waals surface area contributed by atoms with Crippen molar-refractivity contribution >= 4 is 11.8 Å². The fraction of sp³-hybridized carbons (Fsp3) is 0.818. The Morgan fingerprint density at radius 3 is 3.00 bits per heavy atom. The molecule has 0 bridgehead atoms. The maximum absolute atomic E-state index is 4.24. The molecule has 2 rings (SSSR count). The van der Waals surface area contributed by atoms with Gasteiger partial charge < -0.3 is 10.2 Å². The molecule has 6 heteroatoms. The van der Waals surface area contributed by atoms with Crippen molar-refractivity contribution in [2.75, 3.05) is 37.7 Å². The van der Waals surface area contributed by atoms with Crippen molar-refractivity contribution in [3.8, 4) is 0 Å². The van der Waals surface area contributed by atoms with Crippen LogP contribution in [0.5, 0.6) is 0 Å². The van der Waals surface area contributed by atoms with E-state index in [2.05, 4.69) is 39.0 Å². The molecule has 1 aromatic rings. The zero-order valence-corrected chi connectivity index (χ0v) is 11.2.